The maximum atomic E-state index is 12.7. The molecule has 0 N–H and O–H groups in total. The van der Waals surface area contributed by atoms with Gasteiger partial charge in [0.2, 0.25) is 0 Å². The van der Waals surface area contributed by atoms with Crippen molar-refractivity contribution in [3.8, 4) is 0 Å². The zero-order chi connectivity index (χ0) is 9.80. The Hall–Kier alpha value is -2.04. The Morgan fingerprint density at radius 3 is 2.79 bits per heavy atom. The van der Waals surface area contributed by atoms with Crippen molar-refractivity contribution >= 4 is 6.21 Å². The van der Waals surface area contributed by atoms with Crippen LogP contribution in [0.3, 0.4) is 0 Å². The zero-order valence-corrected chi connectivity index (χ0v) is 7.21. The monoisotopic (exact) mass is 190 g/mol. The van der Waals surface area contributed by atoms with Crippen molar-refractivity contribution in [3.63, 3.8) is 0 Å². The molecule has 70 valence electrons. The molecule has 0 bridgehead atoms. The highest BCUT2D eigenvalue weighted by atomic mass is 19.1. The van der Waals surface area contributed by atoms with E-state index in [0.29, 0.717) is 5.56 Å². The first-order valence-corrected chi connectivity index (χ1v) is 3.99. The zero-order valence-electron chi connectivity index (χ0n) is 7.21. The van der Waals surface area contributed by atoms with Crippen molar-refractivity contribution in [3.05, 3.63) is 48.3 Å². The van der Waals surface area contributed by atoms with Gasteiger partial charge in [-0.25, -0.2) is 9.07 Å². The Kier molecular flexibility index (Phi) is 2.31. The highest BCUT2D eigenvalue weighted by molar-refractivity contribution is 5.79. The van der Waals surface area contributed by atoms with Crippen LogP contribution in [0.4, 0.5) is 4.39 Å². The Morgan fingerprint density at radius 2 is 2.07 bits per heavy atom. The molecule has 0 amide bonds. The van der Waals surface area contributed by atoms with E-state index < -0.39 is 0 Å². The quantitative estimate of drug-likeness (QED) is 0.670. The van der Waals surface area contributed by atoms with E-state index in [-0.39, 0.29) is 5.82 Å². The van der Waals surface area contributed by atoms with Gasteiger partial charge >= 0.3 is 0 Å². The molecule has 0 radical (unpaired) electrons. The first-order valence-electron chi connectivity index (χ1n) is 3.99. The predicted octanol–water partition coefficient (Wildman–Crippen LogP) is 1.30. The Balaban J connectivity index is 2.18. The third-order valence-corrected chi connectivity index (χ3v) is 1.60. The van der Waals surface area contributed by atoms with Gasteiger partial charge < -0.3 is 0 Å². The molecule has 2 aromatic rings. The summed E-state index contributed by atoms with van der Waals surface area (Å²) in [7, 11) is 0. The van der Waals surface area contributed by atoms with E-state index in [4.69, 9.17) is 0 Å². The van der Waals surface area contributed by atoms with E-state index in [0.717, 1.165) is 0 Å². The lowest BCUT2D eigenvalue weighted by Gasteiger charge is -1.92. The van der Waals surface area contributed by atoms with Gasteiger partial charge in [0.1, 0.15) is 18.5 Å². The third kappa shape index (κ3) is 2.01. The number of aromatic nitrogens is 3. The largest absolute Gasteiger partial charge is 0.208 e. The second-order valence-corrected chi connectivity index (χ2v) is 2.64. The second kappa shape index (κ2) is 3.78. The molecule has 0 fully saturated rings. The molecule has 0 aliphatic rings. The molecule has 0 aliphatic carbocycles. The van der Waals surface area contributed by atoms with Gasteiger partial charge in [0.25, 0.3) is 0 Å². The molecule has 1 heterocycles. The predicted molar refractivity (Wildman–Crippen MR) is 49.4 cm³/mol. The van der Waals surface area contributed by atoms with Crippen LogP contribution in [0.25, 0.3) is 0 Å². The number of hydrogen-bond donors (Lipinski definition) is 0. The van der Waals surface area contributed by atoms with Gasteiger partial charge in [0, 0.05) is 0 Å². The summed E-state index contributed by atoms with van der Waals surface area (Å²) in [5.41, 5.74) is 0.693. The molecule has 4 nitrogen and oxygen atoms in total. The fraction of sp³-hybridized carbons (Fsp3) is 0. The normalized spacial score (nSPS) is 10.9. The summed E-state index contributed by atoms with van der Waals surface area (Å²) < 4.78 is 14.2. The van der Waals surface area contributed by atoms with Crippen LogP contribution in [-0.2, 0) is 0 Å². The van der Waals surface area contributed by atoms with Crippen LogP contribution in [0.1, 0.15) is 5.56 Å². The SMILES string of the molecule is Fc1cccc(/C=N/n2cnnc2)c1. The van der Waals surface area contributed by atoms with Crippen molar-refractivity contribution in [2.45, 2.75) is 0 Å². The van der Waals surface area contributed by atoms with Crippen molar-refractivity contribution in [1.82, 2.24) is 14.9 Å². The van der Waals surface area contributed by atoms with E-state index in [9.17, 15) is 4.39 Å². The van der Waals surface area contributed by atoms with E-state index >= 15 is 0 Å². The van der Waals surface area contributed by atoms with Crippen molar-refractivity contribution in [2.75, 3.05) is 0 Å². The summed E-state index contributed by atoms with van der Waals surface area (Å²) in [5.74, 6) is -0.280. The number of rotatable bonds is 2. The average molecular weight is 190 g/mol. The molecule has 0 saturated heterocycles. The number of halogens is 1. The van der Waals surface area contributed by atoms with Crippen LogP contribution in [0.15, 0.2) is 42.0 Å². The molecule has 0 unspecified atom stereocenters. The molecule has 1 aromatic heterocycles. The smallest absolute Gasteiger partial charge is 0.141 e. The highest BCUT2D eigenvalue weighted by Gasteiger charge is 1.90. The Bertz CT molecular complexity index is 436. The number of benzene rings is 1. The van der Waals surface area contributed by atoms with E-state index in [2.05, 4.69) is 15.3 Å². The van der Waals surface area contributed by atoms with Crippen LogP contribution in [0.5, 0.6) is 0 Å². The van der Waals surface area contributed by atoms with Gasteiger partial charge in [-0.2, -0.15) is 5.10 Å². The number of nitrogens with zero attached hydrogens (tertiary/aromatic N) is 4. The van der Waals surface area contributed by atoms with Gasteiger partial charge in [-0.1, -0.05) is 12.1 Å². The van der Waals surface area contributed by atoms with Crippen LogP contribution >= 0.6 is 0 Å². The highest BCUT2D eigenvalue weighted by Crippen LogP contribution is 2.00. The minimum Gasteiger partial charge on any atom is -0.208 e. The van der Waals surface area contributed by atoms with Crippen molar-refractivity contribution < 1.29 is 4.39 Å². The van der Waals surface area contributed by atoms with Crippen LogP contribution < -0.4 is 0 Å². The van der Waals surface area contributed by atoms with Crippen molar-refractivity contribution in [2.24, 2.45) is 5.10 Å². The van der Waals surface area contributed by atoms with Crippen LogP contribution in [0, 0.1) is 5.82 Å². The molecule has 0 aliphatic heterocycles. The molecular weight excluding hydrogens is 183 g/mol. The average Bonchev–Trinajstić information content (AvgIpc) is 2.67. The lowest BCUT2D eigenvalue weighted by atomic mass is 10.2. The first-order chi connectivity index (χ1) is 6.84. The summed E-state index contributed by atoms with van der Waals surface area (Å²) in [4.78, 5) is 0. The first kappa shape index (κ1) is 8.55. The lowest BCUT2D eigenvalue weighted by Crippen LogP contribution is -1.87. The van der Waals surface area contributed by atoms with Gasteiger partial charge in [0.05, 0.1) is 6.21 Å². The fourth-order valence-electron chi connectivity index (χ4n) is 0.975. The third-order valence-electron chi connectivity index (χ3n) is 1.60. The lowest BCUT2D eigenvalue weighted by molar-refractivity contribution is 0.627. The topological polar surface area (TPSA) is 43.1 Å². The standard InChI is InChI=1S/C9H7FN4/c10-9-3-1-2-8(4-9)5-13-14-6-11-12-7-14/h1-7H/b13-5+. The minimum absolute atomic E-state index is 0.280. The van der Waals surface area contributed by atoms with Gasteiger partial charge in [-0.05, 0) is 17.7 Å². The molecular formula is C9H7FN4. The summed E-state index contributed by atoms with van der Waals surface area (Å²) in [6.45, 7) is 0. The van der Waals surface area contributed by atoms with E-state index in [1.807, 2.05) is 0 Å². The van der Waals surface area contributed by atoms with E-state index in [1.54, 1.807) is 12.1 Å². The maximum Gasteiger partial charge on any atom is 0.141 e. The molecule has 5 heteroatoms. The van der Waals surface area contributed by atoms with E-state index in [1.165, 1.54) is 35.7 Å². The van der Waals surface area contributed by atoms with Gasteiger partial charge in [-0.15, -0.1) is 10.2 Å². The summed E-state index contributed by atoms with van der Waals surface area (Å²) in [5, 5.41) is 11.1. The Labute approximate surface area is 79.7 Å². The van der Waals surface area contributed by atoms with Crippen molar-refractivity contribution in [1.29, 1.82) is 0 Å². The molecule has 0 saturated carbocycles. The summed E-state index contributed by atoms with van der Waals surface area (Å²) in [6.07, 6.45) is 4.44. The second-order valence-electron chi connectivity index (χ2n) is 2.64. The summed E-state index contributed by atoms with van der Waals surface area (Å²) in [6, 6.07) is 6.17. The molecule has 2 rings (SSSR count). The maximum absolute atomic E-state index is 12.7. The fourth-order valence-corrected chi connectivity index (χ4v) is 0.975. The molecule has 14 heavy (non-hydrogen) atoms. The minimum atomic E-state index is -0.280. The number of hydrogen-bond acceptors (Lipinski definition) is 3. The molecule has 1 aromatic carbocycles. The summed E-state index contributed by atoms with van der Waals surface area (Å²) >= 11 is 0. The van der Waals surface area contributed by atoms with Gasteiger partial charge in [0.15, 0.2) is 0 Å². The van der Waals surface area contributed by atoms with Crippen LogP contribution in [0.2, 0.25) is 0 Å². The Morgan fingerprint density at radius 1 is 1.29 bits per heavy atom. The molecule has 0 atom stereocenters. The van der Waals surface area contributed by atoms with Crippen LogP contribution in [-0.4, -0.2) is 21.1 Å². The molecule has 0 spiro atoms. The van der Waals surface area contributed by atoms with Gasteiger partial charge in [-0.3, -0.25) is 0 Å².